The van der Waals surface area contributed by atoms with Gasteiger partial charge in [0.15, 0.2) is 6.61 Å². The summed E-state index contributed by atoms with van der Waals surface area (Å²) in [6.45, 7) is 2.93. The number of hydrogen-bond acceptors (Lipinski definition) is 6. The van der Waals surface area contributed by atoms with E-state index in [1.165, 1.54) is 24.6 Å². The summed E-state index contributed by atoms with van der Waals surface area (Å²) >= 11 is 11.7. The third-order valence-electron chi connectivity index (χ3n) is 6.02. The zero-order valence-corrected chi connectivity index (χ0v) is 19.5. The Morgan fingerprint density at radius 2 is 1.75 bits per heavy atom. The van der Waals surface area contributed by atoms with Crippen LogP contribution in [0.4, 0.5) is 0 Å². The molecule has 8 nitrogen and oxygen atoms in total. The minimum atomic E-state index is -0.700. The smallest absolute Gasteiger partial charge is 0.325 e. The molecule has 2 N–H and O–H groups in total. The van der Waals surface area contributed by atoms with Crippen molar-refractivity contribution < 1.29 is 23.9 Å². The van der Waals surface area contributed by atoms with Gasteiger partial charge in [-0.15, -0.1) is 0 Å². The lowest BCUT2D eigenvalue weighted by Crippen LogP contribution is -2.59. The van der Waals surface area contributed by atoms with Gasteiger partial charge in [-0.2, -0.15) is 0 Å². The van der Waals surface area contributed by atoms with Gasteiger partial charge in [-0.25, -0.2) is 0 Å². The monoisotopic (exact) mass is 485 g/mol. The number of rotatable bonds is 8. The molecule has 1 aromatic rings. The highest BCUT2D eigenvalue weighted by molar-refractivity contribution is 6.42. The number of hydrogen-bond donors (Lipinski definition) is 2. The van der Waals surface area contributed by atoms with Crippen LogP contribution in [0.5, 0.6) is 0 Å². The maximum absolute atomic E-state index is 12.3. The average molecular weight is 486 g/mol. The maximum Gasteiger partial charge on any atom is 0.325 e. The summed E-state index contributed by atoms with van der Waals surface area (Å²) in [5.41, 5.74) is 0.209. The van der Waals surface area contributed by atoms with Crippen LogP contribution in [0.25, 0.3) is 0 Å². The highest BCUT2D eigenvalue weighted by Gasteiger charge is 2.38. The molecular formula is C22H29Cl2N3O5. The molecule has 10 heteroatoms. The van der Waals surface area contributed by atoms with Crippen molar-refractivity contribution in [1.82, 2.24) is 15.5 Å². The number of carbonyl (C=O) groups excluding carboxylic acids is 3. The Kier molecular flexibility index (Phi) is 9.16. The summed E-state index contributed by atoms with van der Waals surface area (Å²) in [6, 6.07) is 4.41. The van der Waals surface area contributed by atoms with Crippen LogP contribution in [0.3, 0.4) is 0 Å². The van der Waals surface area contributed by atoms with Gasteiger partial charge in [0.1, 0.15) is 6.54 Å². The van der Waals surface area contributed by atoms with E-state index >= 15 is 0 Å². The second kappa shape index (κ2) is 11.8. The molecule has 32 heavy (non-hydrogen) atoms. The van der Waals surface area contributed by atoms with Crippen molar-refractivity contribution >= 4 is 41.0 Å². The van der Waals surface area contributed by atoms with Gasteiger partial charge in [0.05, 0.1) is 23.3 Å². The van der Waals surface area contributed by atoms with Crippen LogP contribution in [0.2, 0.25) is 10.0 Å². The Balaban J connectivity index is 1.41. The molecule has 0 bridgehead atoms. The number of morpholine rings is 1. The summed E-state index contributed by atoms with van der Waals surface area (Å²) in [6.07, 6.45) is 5.56. The molecule has 2 fully saturated rings. The van der Waals surface area contributed by atoms with Gasteiger partial charge in [0.25, 0.3) is 11.8 Å². The number of halogens is 2. The van der Waals surface area contributed by atoms with Crippen LogP contribution < -0.4 is 10.6 Å². The first kappa shape index (κ1) is 24.8. The van der Waals surface area contributed by atoms with E-state index in [-0.39, 0.29) is 35.2 Å². The molecular weight excluding hydrogens is 457 g/mol. The molecule has 1 heterocycles. The molecule has 1 saturated carbocycles. The van der Waals surface area contributed by atoms with E-state index < -0.39 is 11.9 Å². The van der Waals surface area contributed by atoms with Crippen molar-refractivity contribution in [2.24, 2.45) is 0 Å². The molecule has 0 spiro atoms. The first-order valence-electron chi connectivity index (χ1n) is 10.9. The third-order valence-corrected chi connectivity index (χ3v) is 6.76. The van der Waals surface area contributed by atoms with Crippen molar-refractivity contribution in [3.63, 3.8) is 0 Å². The molecule has 1 saturated heterocycles. The molecule has 0 unspecified atom stereocenters. The minimum Gasteiger partial charge on any atom is -0.454 e. The second-order valence-electron chi connectivity index (χ2n) is 8.13. The Bertz CT molecular complexity index is 824. The Morgan fingerprint density at radius 3 is 2.44 bits per heavy atom. The van der Waals surface area contributed by atoms with Crippen LogP contribution >= 0.6 is 23.2 Å². The molecule has 2 aliphatic rings. The number of carbonyl (C=O) groups is 3. The highest BCUT2D eigenvalue weighted by Crippen LogP contribution is 2.33. The number of nitrogens with one attached hydrogen (secondary N) is 2. The number of benzene rings is 1. The topological polar surface area (TPSA) is 97.0 Å². The second-order valence-corrected chi connectivity index (χ2v) is 8.95. The summed E-state index contributed by atoms with van der Waals surface area (Å²) in [5, 5.41) is 5.94. The first-order chi connectivity index (χ1) is 15.4. The Labute approximate surface area is 197 Å². The molecule has 0 atom stereocenters. The summed E-state index contributed by atoms with van der Waals surface area (Å²) in [7, 11) is 0. The molecule has 1 aliphatic carbocycles. The summed E-state index contributed by atoms with van der Waals surface area (Å²) in [4.78, 5) is 38.8. The van der Waals surface area contributed by atoms with Crippen LogP contribution in [-0.2, 0) is 19.1 Å². The molecule has 3 rings (SSSR count). The van der Waals surface area contributed by atoms with E-state index in [0.29, 0.717) is 24.8 Å². The lowest BCUT2D eigenvalue weighted by atomic mass is 9.79. The van der Waals surface area contributed by atoms with Gasteiger partial charge >= 0.3 is 5.97 Å². The first-order valence-corrected chi connectivity index (χ1v) is 11.6. The molecule has 176 valence electrons. The maximum atomic E-state index is 12.3. The Hall–Kier alpha value is -1.87. The predicted molar refractivity (Wildman–Crippen MR) is 121 cm³/mol. The van der Waals surface area contributed by atoms with E-state index in [4.69, 9.17) is 32.7 Å². The molecule has 1 aromatic carbocycles. The van der Waals surface area contributed by atoms with Crippen LogP contribution in [0.1, 0.15) is 42.5 Å². The molecule has 0 aromatic heterocycles. The van der Waals surface area contributed by atoms with E-state index in [1.807, 2.05) is 0 Å². The van der Waals surface area contributed by atoms with Crippen LogP contribution in [0, 0.1) is 0 Å². The third kappa shape index (κ3) is 6.81. The van der Waals surface area contributed by atoms with Crippen molar-refractivity contribution in [3.8, 4) is 0 Å². The molecule has 0 radical (unpaired) electrons. The van der Waals surface area contributed by atoms with Gasteiger partial charge in [-0.1, -0.05) is 42.5 Å². The van der Waals surface area contributed by atoms with Gasteiger partial charge in [0, 0.05) is 30.7 Å². The number of amides is 2. The highest BCUT2D eigenvalue weighted by atomic mass is 35.5. The van der Waals surface area contributed by atoms with Gasteiger partial charge in [0.2, 0.25) is 0 Å². The zero-order valence-electron chi connectivity index (χ0n) is 18.0. The normalized spacial score (nSPS) is 18.6. The van der Waals surface area contributed by atoms with Gasteiger partial charge in [-0.05, 0) is 31.0 Å². The fraction of sp³-hybridized carbons (Fsp3) is 0.591. The summed E-state index contributed by atoms with van der Waals surface area (Å²) in [5.74, 6) is -1.55. The fourth-order valence-corrected chi connectivity index (χ4v) is 4.55. The van der Waals surface area contributed by atoms with Gasteiger partial charge in [-0.3, -0.25) is 19.3 Å². The van der Waals surface area contributed by atoms with E-state index in [2.05, 4.69) is 15.5 Å². The lowest BCUT2D eigenvalue weighted by Gasteiger charge is -2.48. The average Bonchev–Trinajstić information content (AvgIpc) is 2.82. The largest absolute Gasteiger partial charge is 0.454 e. The SMILES string of the molecule is O=C(COC(=O)CNC(=O)c1ccc(Cl)c(Cl)c1)NCC1(N2CCOCC2)CCCCC1. The van der Waals surface area contributed by atoms with Crippen molar-refractivity contribution in [2.75, 3.05) is 46.0 Å². The number of esters is 1. The van der Waals surface area contributed by atoms with Crippen LogP contribution in [0.15, 0.2) is 18.2 Å². The number of ether oxygens (including phenoxy) is 2. The van der Waals surface area contributed by atoms with Crippen molar-refractivity contribution in [1.29, 1.82) is 0 Å². The molecule has 2 amide bonds. The fourth-order valence-electron chi connectivity index (χ4n) is 4.26. The quantitative estimate of drug-likeness (QED) is 0.548. The van der Waals surface area contributed by atoms with E-state index in [9.17, 15) is 14.4 Å². The number of nitrogens with zero attached hydrogens (tertiary/aromatic N) is 1. The van der Waals surface area contributed by atoms with E-state index in [1.54, 1.807) is 0 Å². The lowest BCUT2D eigenvalue weighted by molar-refractivity contribution is -0.147. The van der Waals surface area contributed by atoms with Gasteiger partial charge < -0.3 is 20.1 Å². The molecule has 1 aliphatic heterocycles. The standard InChI is InChI=1S/C22H29Cl2N3O5/c23-17-5-4-16(12-18(17)24)21(30)25-13-20(29)32-14-19(28)26-15-22(6-2-1-3-7-22)27-8-10-31-11-9-27/h4-5,12H,1-3,6-11,13-15H2,(H,25,30)(H,26,28). The summed E-state index contributed by atoms with van der Waals surface area (Å²) < 4.78 is 10.5. The van der Waals surface area contributed by atoms with Crippen molar-refractivity contribution in [3.05, 3.63) is 33.8 Å². The van der Waals surface area contributed by atoms with E-state index in [0.717, 1.165) is 38.8 Å². The predicted octanol–water partition coefficient (Wildman–Crippen LogP) is 2.42. The van der Waals surface area contributed by atoms with Crippen molar-refractivity contribution in [2.45, 2.75) is 37.6 Å². The van der Waals surface area contributed by atoms with Crippen LogP contribution in [-0.4, -0.2) is 74.2 Å². The minimum absolute atomic E-state index is 0.0600. The Morgan fingerprint density at radius 1 is 1.03 bits per heavy atom. The zero-order chi connectivity index (χ0) is 23.0.